The van der Waals surface area contributed by atoms with E-state index >= 15 is 0 Å². The maximum absolute atomic E-state index is 13.4. The number of morpholine rings is 1. The predicted molar refractivity (Wildman–Crippen MR) is 129 cm³/mol. The minimum absolute atomic E-state index is 0.130. The summed E-state index contributed by atoms with van der Waals surface area (Å²) < 4.78 is 48.5. The van der Waals surface area contributed by atoms with Gasteiger partial charge in [-0.25, -0.2) is 15.0 Å². The molecule has 1 saturated carbocycles. The molecule has 0 N–H and O–H groups in total. The van der Waals surface area contributed by atoms with E-state index in [0.717, 1.165) is 30.7 Å². The van der Waals surface area contributed by atoms with E-state index in [9.17, 15) is 13.2 Å². The second-order valence-electron chi connectivity index (χ2n) is 9.69. The second-order valence-corrected chi connectivity index (χ2v) is 9.69. The molecule has 2 atom stereocenters. The molecule has 0 bridgehead atoms. The fourth-order valence-electron chi connectivity index (χ4n) is 4.53. The Morgan fingerprint density at radius 1 is 1.03 bits per heavy atom. The Kier molecular flexibility index (Phi) is 5.59. The average Bonchev–Trinajstić information content (AvgIpc) is 3.59. The van der Waals surface area contributed by atoms with Crippen molar-refractivity contribution in [1.82, 2.24) is 34.7 Å². The highest BCUT2D eigenvalue weighted by Gasteiger charge is 2.34. The van der Waals surface area contributed by atoms with Crippen molar-refractivity contribution in [3.05, 3.63) is 53.4 Å². The number of hydrogen-bond acceptors (Lipinski definition) is 8. The Morgan fingerprint density at radius 3 is 2.57 bits per heavy atom. The van der Waals surface area contributed by atoms with E-state index in [1.165, 1.54) is 6.07 Å². The Morgan fingerprint density at radius 2 is 1.81 bits per heavy atom. The number of anilines is 1. The third-order valence-corrected chi connectivity index (χ3v) is 6.71. The van der Waals surface area contributed by atoms with Crippen molar-refractivity contribution in [2.45, 2.75) is 58.0 Å². The molecule has 2 aliphatic rings. The summed E-state index contributed by atoms with van der Waals surface area (Å²) in [6, 6.07) is 2.94. The van der Waals surface area contributed by atoms with Gasteiger partial charge in [0, 0.05) is 30.1 Å². The summed E-state index contributed by atoms with van der Waals surface area (Å²) in [7, 11) is 0. The molecule has 0 aromatic carbocycles. The zero-order valence-corrected chi connectivity index (χ0v) is 20.6. The number of nitrogens with zero attached hydrogens (tertiary/aromatic N) is 8. The Labute approximate surface area is 210 Å². The lowest BCUT2D eigenvalue weighted by Crippen LogP contribution is -2.43. The molecule has 2 fully saturated rings. The van der Waals surface area contributed by atoms with E-state index in [1.54, 1.807) is 6.92 Å². The first-order valence-electron chi connectivity index (χ1n) is 12.2. The van der Waals surface area contributed by atoms with Crippen molar-refractivity contribution in [3.8, 4) is 11.3 Å². The Hall–Kier alpha value is -3.67. The minimum atomic E-state index is -4.59. The van der Waals surface area contributed by atoms with Crippen LogP contribution in [0.1, 0.15) is 54.6 Å². The molecule has 0 radical (unpaired) electrons. The number of ether oxygens (including phenoxy) is 1. The molecule has 1 aliphatic carbocycles. The molecule has 6 rings (SSSR count). The monoisotopic (exact) mass is 510 g/mol. The zero-order chi connectivity index (χ0) is 25.9. The van der Waals surface area contributed by atoms with Gasteiger partial charge in [-0.2, -0.15) is 23.3 Å². The first-order chi connectivity index (χ1) is 17.7. The van der Waals surface area contributed by atoms with Gasteiger partial charge in [0.2, 0.25) is 5.95 Å². The van der Waals surface area contributed by atoms with Crippen molar-refractivity contribution in [1.29, 1.82) is 0 Å². The number of rotatable bonds is 4. The summed E-state index contributed by atoms with van der Waals surface area (Å²) in [6.45, 7) is 6.57. The molecule has 9 nitrogen and oxygen atoms in total. The summed E-state index contributed by atoms with van der Waals surface area (Å²) in [5, 5.41) is 4.49. The van der Waals surface area contributed by atoms with Crippen LogP contribution < -0.4 is 4.90 Å². The number of fused-ring (bicyclic) bond motifs is 1. The minimum Gasteiger partial charge on any atom is -0.367 e. The maximum atomic E-state index is 13.4. The molecular formula is C25H25F3N8O. The zero-order valence-electron chi connectivity index (χ0n) is 20.6. The van der Waals surface area contributed by atoms with Crippen molar-refractivity contribution in [2.75, 3.05) is 18.0 Å². The van der Waals surface area contributed by atoms with Crippen LogP contribution in [-0.2, 0) is 10.9 Å². The smallest absolute Gasteiger partial charge is 0.367 e. The van der Waals surface area contributed by atoms with Crippen molar-refractivity contribution in [2.24, 2.45) is 0 Å². The molecule has 192 valence electrons. The highest BCUT2D eigenvalue weighted by atomic mass is 19.4. The first-order valence-corrected chi connectivity index (χ1v) is 12.2. The number of aromatic nitrogens is 7. The number of alkyl halides is 3. The summed E-state index contributed by atoms with van der Waals surface area (Å²) in [5.74, 6) is 0.361. The van der Waals surface area contributed by atoms with Gasteiger partial charge in [-0.3, -0.25) is 9.67 Å². The van der Waals surface area contributed by atoms with Crippen LogP contribution in [0, 0.1) is 13.8 Å². The van der Waals surface area contributed by atoms with Crippen molar-refractivity contribution < 1.29 is 17.9 Å². The summed E-state index contributed by atoms with van der Waals surface area (Å²) in [4.78, 5) is 24.1. The molecular weight excluding hydrogens is 485 g/mol. The molecule has 0 unspecified atom stereocenters. The fraction of sp³-hybridized carbons (Fsp3) is 0.440. The second kappa shape index (κ2) is 8.72. The lowest BCUT2D eigenvalue weighted by molar-refractivity contribution is -0.141. The largest absolute Gasteiger partial charge is 0.433 e. The summed E-state index contributed by atoms with van der Waals surface area (Å²) in [5.41, 5.74) is 2.51. The fourth-order valence-corrected chi connectivity index (χ4v) is 4.53. The van der Waals surface area contributed by atoms with E-state index in [-0.39, 0.29) is 23.5 Å². The van der Waals surface area contributed by atoms with E-state index in [1.807, 2.05) is 35.8 Å². The van der Waals surface area contributed by atoms with Crippen LogP contribution in [-0.4, -0.2) is 53.9 Å². The number of hydrogen-bond donors (Lipinski definition) is 0. The highest BCUT2D eigenvalue weighted by molar-refractivity contribution is 5.88. The van der Waals surface area contributed by atoms with Gasteiger partial charge in [-0.1, -0.05) is 0 Å². The van der Waals surface area contributed by atoms with Crippen LogP contribution in [0.25, 0.3) is 22.4 Å². The first kappa shape index (κ1) is 23.7. The molecule has 5 heterocycles. The highest BCUT2D eigenvalue weighted by Crippen LogP contribution is 2.36. The van der Waals surface area contributed by atoms with Gasteiger partial charge >= 0.3 is 6.18 Å². The van der Waals surface area contributed by atoms with Gasteiger partial charge in [-0.05, 0) is 45.7 Å². The molecule has 0 amide bonds. The van der Waals surface area contributed by atoms with E-state index < -0.39 is 11.9 Å². The van der Waals surface area contributed by atoms with Gasteiger partial charge in [-0.15, -0.1) is 0 Å². The average molecular weight is 511 g/mol. The van der Waals surface area contributed by atoms with Crippen LogP contribution in [0.3, 0.4) is 0 Å². The van der Waals surface area contributed by atoms with E-state index in [0.29, 0.717) is 47.6 Å². The van der Waals surface area contributed by atoms with Crippen LogP contribution >= 0.6 is 0 Å². The predicted octanol–water partition coefficient (Wildman–Crippen LogP) is 4.62. The molecule has 12 heteroatoms. The molecule has 37 heavy (non-hydrogen) atoms. The number of pyridine rings is 1. The Balaban J connectivity index is 1.43. The number of aryl methyl sites for hydroxylation is 2. The molecule has 4 aromatic rings. The van der Waals surface area contributed by atoms with Crippen molar-refractivity contribution >= 4 is 17.1 Å². The Bertz CT molecular complexity index is 1480. The SMILES string of the molecule is Cc1nc2nc(N3C[C@H](C)O[C@@H](c4cnn(C5CC5)c4)C3)nc(-c3ccnc(C(F)(F)F)c3)c2nc1C. The number of halogens is 3. The quantitative estimate of drug-likeness (QED) is 0.393. The molecule has 1 saturated heterocycles. The van der Waals surface area contributed by atoms with Gasteiger partial charge in [0.05, 0.1) is 36.3 Å². The third-order valence-electron chi connectivity index (χ3n) is 6.71. The summed E-state index contributed by atoms with van der Waals surface area (Å²) in [6.07, 6.45) is 2.29. The van der Waals surface area contributed by atoms with Crippen LogP contribution in [0.15, 0.2) is 30.7 Å². The van der Waals surface area contributed by atoms with E-state index in [2.05, 4.69) is 20.1 Å². The topological polar surface area (TPSA) is 94.7 Å². The molecule has 4 aromatic heterocycles. The summed E-state index contributed by atoms with van der Waals surface area (Å²) >= 11 is 0. The van der Waals surface area contributed by atoms with E-state index in [4.69, 9.17) is 14.7 Å². The van der Waals surface area contributed by atoms with Gasteiger partial charge < -0.3 is 9.64 Å². The lowest BCUT2D eigenvalue weighted by Gasteiger charge is -2.36. The standard InChI is InChI=1S/C25H25F3N8O/c1-13-10-35(12-19(37-13)17-9-30-36(11-17)18-4-5-18)24-33-21(16-6-7-29-20(8-16)25(26,27)28)22-23(34-24)32-15(3)14(2)31-22/h6-9,11,13,18-19H,4-5,10,12H2,1-3H3/t13-,19+/m0/s1. The van der Waals surface area contributed by atoms with Crippen LogP contribution in [0.4, 0.5) is 19.1 Å². The third kappa shape index (κ3) is 4.61. The normalized spacial score (nSPS) is 20.5. The van der Waals surface area contributed by atoms with Crippen molar-refractivity contribution in [3.63, 3.8) is 0 Å². The van der Waals surface area contributed by atoms with Gasteiger partial charge in [0.25, 0.3) is 0 Å². The maximum Gasteiger partial charge on any atom is 0.433 e. The van der Waals surface area contributed by atoms with Gasteiger partial charge in [0.15, 0.2) is 5.65 Å². The van der Waals surface area contributed by atoms with Crippen LogP contribution in [0.5, 0.6) is 0 Å². The lowest BCUT2D eigenvalue weighted by atomic mass is 10.1. The molecule has 1 aliphatic heterocycles. The van der Waals surface area contributed by atoms with Gasteiger partial charge in [0.1, 0.15) is 23.0 Å². The van der Waals surface area contributed by atoms with Crippen LogP contribution in [0.2, 0.25) is 0 Å². The molecule has 0 spiro atoms.